The normalized spacial score (nSPS) is 17.9. The van der Waals surface area contributed by atoms with Crippen molar-refractivity contribution in [3.8, 4) is 11.4 Å². The molecule has 1 aliphatic rings. The largest absolute Gasteiger partial charge is 0.353 e. The molecule has 3 aromatic rings. The van der Waals surface area contributed by atoms with Gasteiger partial charge < -0.3 is 4.90 Å². The van der Waals surface area contributed by atoms with Gasteiger partial charge in [0.25, 0.3) is 0 Å². The summed E-state index contributed by atoms with van der Waals surface area (Å²) >= 11 is 12.4. The Balaban J connectivity index is 1.92. The van der Waals surface area contributed by atoms with Crippen molar-refractivity contribution >= 4 is 39.9 Å². The first kappa shape index (κ1) is 16.6. The van der Waals surface area contributed by atoms with Crippen LogP contribution in [0.25, 0.3) is 22.3 Å². The molecule has 5 heteroatoms. The lowest BCUT2D eigenvalue weighted by molar-refractivity contribution is 0.482. The molecule has 0 saturated carbocycles. The number of rotatable bonds is 2. The number of nitrogens with zero attached hydrogens (tertiary/aromatic N) is 3. The van der Waals surface area contributed by atoms with Gasteiger partial charge in [0.1, 0.15) is 5.82 Å². The quantitative estimate of drug-likeness (QED) is 0.554. The molecule has 1 aliphatic heterocycles. The summed E-state index contributed by atoms with van der Waals surface area (Å²) in [5.74, 6) is 1.65. The second-order valence-corrected chi connectivity index (χ2v) is 7.39. The van der Waals surface area contributed by atoms with E-state index in [1.165, 1.54) is 19.3 Å². The van der Waals surface area contributed by atoms with Gasteiger partial charge in [-0.15, -0.1) is 0 Å². The molecule has 0 amide bonds. The van der Waals surface area contributed by atoms with Gasteiger partial charge in [0.15, 0.2) is 5.82 Å². The van der Waals surface area contributed by atoms with E-state index in [0.29, 0.717) is 21.9 Å². The highest BCUT2D eigenvalue weighted by atomic mass is 35.5. The number of hydrogen-bond donors (Lipinski definition) is 0. The third-order valence-corrected chi connectivity index (χ3v) is 5.38. The Hall–Kier alpha value is -1.84. The van der Waals surface area contributed by atoms with Crippen LogP contribution in [0.2, 0.25) is 10.0 Å². The molecule has 0 unspecified atom stereocenters. The van der Waals surface area contributed by atoms with Crippen molar-refractivity contribution in [2.45, 2.75) is 32.2 Å². The number of hydrogen-bond acceptors (Lipinski definition) is 3. The first-order valence-electron chi connectivity index (χ1n) is 8.62. The molecule has 0 radical (unpaired) electrons. The summed E-state index contributed by atoms with van der Waals surface area (Å²) in [6.07, 6.45) is 3.66. The van der Waals surface area contributed by atoms with Gasteiger partial charge in [0, 0.05) is 28.6 Å². The zero-order valence-corrected chi connectivity index (χ0v) is 15.6. The van der Waals surface area contributed by atoms with Crippen molar-refractivity contribution in [1.82, 2.24) is 9.97 Å². The van der Waals surface area contributed by atoms with E-state index < -0.39 is 0 Å². The van der Waals surface area contributed by atoms with Crippen molar-refractivity contribution in [2.75, 3.05) is 11.4 Å². The molecule has 4 rings (SSSR count). The fourth-order valence-electron chi connectivity index (χ4n) is 3.48. The van der Waals surface area contributed by atoms with Crippen LogP contribution in [0, 0.1) is 0 Å². The molecule has 0 aliphatic carbocycles. The maximum Gasteiger partial charge on any atom is 0.163 e. The Morgan fingerprint density at radius 3 is 2.68 bits per heavy atom. The summed E-state index contributed by atoms with van der Waals surface area (Å²) in [6.45, 7) is 3.29. The molecule has 25 heavy (non-hydrogen) atoms. The van der Waals surface area contributed by atoms with Gasteiger partial charge in [-0.25, -0.2) is 9.97 Å². The fourth-order valence-corrected chi connectivity index (χ4v) is 3.98. The molecule has 128 valence electrons. The zero-order valence-electron chi connectivity index (χ0n) is 14.0. The molecule has 0 bridgehead atoms. The summed E-state index contributed by atoms with van der Waals surface area (Å²) < 4.78 is 0. The van der Waals surface area contributed by atoms with Gasteiger partial charge in [-0.1, -0.05) is 35.3 Å². The number of halogens is 2. The van der Waals surface area contributed by atoms with E-state index in [2.05, 4.69) is 17.9 Å². The highest BCUT2D eigenvalue weighted by molar-refractivity contribution is 6.36. The van der Waals surface area contributed by atoms with Crippen molar-refractivity contribution in [2.24, 2.45) is 0 Å². The Bertz CT molecular complexity index is 926. The molecule has 0 spiro atoms. The summed E-state index contributed by atoms with van der Waals surface area (Å²) in [5.41, 5.74) is 1.74. The molecule has 2 aromatic carbocycles. The van der Waals surface area contributed by atoms with Crippen LogP contribution in [-0.2, 0) is 0 Å². The Morgan fingerprint density at radius 1 is 1.04 bits per heavy atom. The minimum atomic E-state index is 0.473. The molecular weight excluding hydrogens is 353 g/mol. The van der Waals surface area contributed by atoms with Crippen LogP contribution >= 0.6 is 23.2 Å². The summed E-state index contributed by atoms with van der Waals surface area (Å²) in [7, 11) is 0. The monoisotopic (exact) mass is 371 g/mol. The average Bonchev–Trinajstić information content (AvgIpc) is 2.61. The minimum Gasteiger partial charge on any atom is -0.353 e. The van der Waals surface area contributed by atoms with Crippen LogP contribution in [-0.4, -0.2) is 22.6 Å². The van der Waals surface area contributed by atoms with Crippen LogP contribution in [0.15, 0.2) is 42.5 Å². The Kier molecular flexibility index (Phi) is 4.53. The van der Waals surface area contributed by atoms with Crippen molar-refractivity contribution in [3.05, 3.63) is 52.5 Å². The number of anilines is 1. The Labute approximate surface area is 157 Å². The summed E-state index contributed by atoms with van der Waals surface area (Å²) in [6, 6.07) is 14.1. The number of piperidine rings is 1. The molecule has 1 fully saturated rings. The van der Waals surface area contributed by atoms with Crippen molar-refractivity contribution < 1.29 is 0 Å². The number of para-hydroxylation sites is 1. The van der Waals surface area contributed by atoms with Gasteiger partial charge in [-0.2, -0.15) is 0 Å². The molecule has 1 aromatic heterocycles. The summed E-state index contributed by atoms with van der Waals surface area (Å²) in [5, 5.41) is 2.27. The van der Waals surface area contributed by atoms with E-state index in [1.54, 1.807) is 6.07 Å². The first-order chi connectivity index (χ1) is 12.1. The maximum absolute atomic E-state index is 6.40. The molecule has 1 atom stereocenters. The topological polar surface area (TPSA) is 29.0 Å². The van der Waals surface area contributed by atoms with Crippen LogP contribution < -0.4 is 4.90 Å². The molecule has 0 N–H and O–H groups in total. The smallest absolute Gasteiger partial charge is 0.163 e. The second-order valence-electron chi connectivity index (χ2n) is 6.55. The lowest BCUT2D eigenvalue weighted by Gasteiger charge is -2.35. The lowest BCUT2D eigenvalue weighted by Crippen LogP contribution is -2.38. The van der Waals surface area contributed by atoms with Gasteiger partial charge in [-0.3, -0.25) is 0 Å². The standard InChI is InChI=1S/C20H19Cl2N3/c1-13-6-4-5-11-25(13)20-16-7-2-3-8-18(16)23-19(24-20)15-10-9-14(21)12-17(15)22/h2-3,7-10,12-13H,4-6,11H2,1H3/t13-/m1/s1. The van der Waals surface area contributed by atoms with Crippen LogP contribution in [0.1, 0.15) is 26.2 Å². The van der Waals surface area contributed by atoms with Gasteiger partial charge in [0.2, 0.25) is 0 Å². The first-order valence-corrected chi connectivity index (χ1v) is 9.38. The van der Waals surface area contributed by atoms with E-state index in [0.717, 1.165) is 28.8 Å². The second kappa shape index (κ2) is 6.81. The highest BCUT2D eigenvalue weighted by Gasteiger charge is 2.23. The number of fused-ring (bicyclic) bond motifs is 1. The highest BCUT2D eigenvalue weighted by Crippen LogP contribution is 2.34. The van der Waals surface area contributed by atoms with E-state index in [9.17, 15) is 0 Å². The SMILES string of the molecule is C[C@@H]1CCCCN1c1nc(-c2ccc(Cl)cc2Cl)nc2ccccc12. The molecular formula is C20H19Cl2N3. The molecule has 3 nitrogen and oxygen atoms in total. The zero-order chi connectivity index (χ0) is 17.4. The predicted molar refractivity (Wildman–Crippen MR) is 106 cm³/mol. The third kappa shape index (κ3) is 3.19. The van der Waals surface area contributed by atoms with Crippen LogP contribution in [0.3, 0.4) is 0 Å². The number of benzene rings is 2. The van der Waals surface area contributed by atoms with Crippen molar-refractivity contribution in [1.29, 1.82) is 0 Å². The van der Waals surface area contributed by atoms with E-state index in [4.69, 9.17) is 33.2 Å². The fraction of sp³-hybridized carbons (Fsp3) is 0.300. The molecule has 1 saturated heterocycles. The maximum atomic E-state index is 6.40. The van der Waals surface area contributed by atoms with Gasteiger partial charge >= 0.3 is 0 Å². The van der Waals surface area contributed by atoms with Crippen LogP contribution in [0.5, 0.6) is 0 Å². The third-order valence-electron chi connectivity index (χ3n) is 4.83. The van der Waals surface area contributed by atoms with Crippen molar-refractivity contribution in [3.63, 3.8) is 0 Å². The van der Waals surface area contributed by atoms with E-state index >= 15 is 0 Å². The number of aromatic nitrogens is 2. The minimum absolute atomic E-state index is 0.473. The predicted octanol–water partition coefficient (Wildman–Crippen LogP) is 5.98. The van der Waals surface area contributed by atoms with Gasteiger partial charge in [-0.05, 0) is 56.5 Å². The average molecular weight is 372 g/mol. The molecule has 2 heterocycles. The van der Waals surface area contributed by atoms with E-state index in [1.807, 2.05) is 30.3 Å². The van der Waals surface area contributed by atoms with Gasteiger partial charge in [0.05, 0.1) is 10.5 Å². The van der Waals surface area contributed by atoms with E-state index in [-0.39, 0.29) is 0 Å². The lowest BCUT2D eigenvalue weighted by atomic mass is 10.0. The van der Waals surface area contributed by atoms with Crippen LogP contribution in [0.4, 0.5) is 5.82 Å². The summed E-state index contributed by atoms with van der Waals surface area (Å²) in [4.78, 5) is 12.1. The Morgan fingerprint density at radius 2 is 1.88 bits per heavy atom.